The Hall–Kier alpha value is -1.64. The van der Waals surface area contributed by atoms with Crippen LogP contribution in [0.15, 0.2) is 60.7 Å². The molecule has 2 aliphatic carbocycles. The van der Waals surface area contributed by atoms with Gasteiger partial charge < -0.3 is 10.2 Å². The molecule has 4 rings (SSSR count). The fourth-order valence-corrected chi connectivity index (χ4v) is 4.84. The number of benzene rings is 2. The van der Waals surface area contributed by atoms with Crippen molar-refractivity contribution in [2.75, 3.05) is 0 Å². The van der Waals surface area contributed by atoms with E-state index < -0.39 is 11.2 Å². The van der Waals surface area contributed by atoms with Crippen molar-refractivity contribution in [1.82, 2.24) is 0 Å². The molecular weight excluding hydrogens is 272 g/mol. The fraction of sp³-hybridized carbons (Fsp3) is 0.400. The van der Waals surface area contributed by atoms with Crippen LogP contribution < -0.4 is 0 Å². The van der Waals surface area contributed by atoms with Gasteiger partial charge >= 0.3 is 0 Å². The molecule has 22 heavy (non-hydrogen) atoms. The second-order valence-electron chi connectivity index (χ2n) is 6.87. The quantitative estimate of drug-likeness (QED) is 0.888. The largest absolute Gasteiger partial charge is 0.385 e. The molecule has 2 N–H and O–H groups in total. The summed E-state index contributed by atoms with van der Waals surface area (Å²) in [4.78, 5) is 0. The minimum absolute atomic E-state index is 0.139. The van der Waals surface area contributed by atoms with Crippen LogP contribution in [0.5, 0.6) is 0 Å². The topological polar surface area (TPSA) is 40.5 Å². The maximum absolute atomic E-state index is 11.3. The Morgan fingerprint density at radius 2 is 1.00 bits per heavy atom. The molecule has 4 atom stereocenters. The average Bonchev–Trinajstić information content (AvgIpc) is 3.10. The monoisotopic (exact) mass is 294 g/mol. The van der Waals surface area contributed by atoms with E-state index in [4.69, 9.17) is 0 Å². The summed E-state index contributed by atoms with van der Waals surface area (Å²) in [6.45, 7) is 0. The Balaban J connectivity index is 1.70. The van der Waals surface area contributed by atoms with Crippen molar-refractivity contribution in [3.05, 3.63) is 71.8 Å². The van der Waals surface area contributed by atoms with Crippen molar-refractivity contribution < 1.29 is 10.2 Å². The Bertz CT molecular complexity index is 594. The second kappa shape index (κ2) is 4.94. The minimum atomic E-state index is -0.787. The molecule has 2 aromatic rings. The van der Waals surface area contributed by atoms with E-state index in [1.165, 1.54) is 0 Å². The summed E-state index contributed by atoms with van der Waals surface area (Å²) >= 11 is 0. The molecule has 0 spiro atoms. The van der Waals surface area contributed by atoms with Gasteiger partial charge in [-0.15, -0.1) is 0 Å². The number of fused-ring (bicyclic) bond motifs is 1. The SMILES string of the molecule is O[C@@]1(c2ccccc2)CC[C@@H]2[C@@H]1CC[C@]2(O)c1ccccc1. The van der Waals surface area contributed by atoms with E-state index >= 15 is 0 Å². The maximum atomic E-state index is 11.3. The van der Waals surface area contributed by atoms with Crippen molar-refractivity contribution in [3.63, 3.8) is 0 Å². The second-order valence-corrected chi connectivity index (χ2v) is 6.87. The van der Waals surface area contributed by atoms with Gasteiger partial charge in [0.25, 0.3) is 0 Å². The van der Waals surface area contributed by atoms with Crippen molar-refractivity contribution >= 4 is 0 Å². The first-order valence-corrected chi connectivity index (χ1v) is 8.20. The lowest BCUT2D eigenvalue weighted by Gasteiger charge is -2.33. The van der Waals surface area contributed by atoms with E-state index in [2.05, 4.69) is 0 Å². The van der Waals surface area contributed by atoms with Crippen LogP contribution in [0.1, 0.15) is 36.8 Å². The zero-order valence-electron chi connectivity index (χ0n) is 12.7. The molecule has 2 aromatic carbocycles. The van der Waals surface area contributed by atoms with E-state index in [1.54, 1.807) is 0 Å². The van der Waals surface area contributed by atoms with Crippen LogP contribution in [-0.4, -0.2) is 10.2 Å². The van der Waals surface area contributed by atoms with E-state index in [0.29, 0.717) is 0 Å². The average molecular weight is 294 g/mol. The number of rotatable bonds is 2. The number of hydrogen-bond donors (Lipinski definition) is 2. The zero-order valence-corrected chi connectivity index (χ0v) is 12.7. The van der Waals surface area contributed by atoms with Crippen LogP contribution in [0.25, 0.3) is 0 Å². The van der Waals surface area contributed by atoms with Gasteiger partial charge in [-0.05, 0) is 48.6 Å². The van der Waals surface area contributed by atoms with Crippen molar-refractivity contribution in [3.8, 4) is 0 Å². The molecule has 0 unspecified atom stereocenters. The van der Waals surface area contributed by atoms with Crippen LogP contribution >= 0.6 is 0 Å². The molecule has 2 fully saturated rings. The molecule has 2 nitrogen and oxygen atoms in total. The van der Waals surface area contributed by atoms with Crippen LogP contribution in [0, 0.1) is 11.8 Å². The summed E-state index contributed by atoms with van der Waals surface area (Å²) in [5, 5.41) is 22.6. The van der Waals surface area contributed by atoms with E-state index in [9.17, 15) is 10.2 Å². The van der Waals surface area contributed by atoms with Gasteiger partial charge in [-0.25, -0.2) is 0 Å². The lowest BCUT2D eigenvalue weighted by atomic mass is 9.78. The zero-order chi connectivity index (χ0) is 15.2. The molecule has 0 saturated heterocycles. The molecule has 2 aliphatic rings. The lowest BCUT2D eigenvalue weighted by Crippen LogP contribution is -2.35. The highest BCUT2D eigenvalue weighted by atomic mass is 16.3. The first-order chi connectivity index (χ1) is 10.6. The number of hydrogen-bond acceptors (Lipinski definition) is 2. The highest BCUT2D eigenvalue weighted by Gasteiger charge is 2.59. The Kier molecular flexibility index (Phi) is 3.14. The summed E-state index contributed by atoms with van der Waals surface area (Å²) < 4.78 is 0. The fourth-order valence-electron chi connectivity index (χ4n) is 4.84. The van der Waals surface area contributed by atoms with Gasteiger partial charge in [-0.1, -0.05) is 60.7 Å². The molecule has 0 heterocycles. The van der Waals surface area contributed by atoms with E-state index in [0.717, 1.165) is 36.8 Å². The molecule has 2 saturated carbocycles. The summed E-state index contributed by atoms with van der Waals surface area (Å²) in [6.07, 6.45) is 3.23. The standard InChI is InChI=1S/C20H22O2/c21-19(15-7-3-1-4-8-15)13-11-18-17(19)12-14-20(18,22)16-9-5-2-6-10-16/h1-10,17-18,21-22H,11-14H2/t17-,18+,19+,20-. The number of aliphatic hydroxyl groups is 2. The molecule has 2 heteroatoms. The Labute approximate surface area is 131 Å². The van der Waals surface area contributed by atoms with Crippen molar-refractivity contribution in [2.45, 2.75) is 36.9 Å². The molecule has 0 amide bonds. The molecule has 0 aliphatic heterocycles. The van der Waals surface area contributed by atoms with Crippen molar-refractivity contribution in [2.24, 2.45) is 11.8 Å². The third kappa shape index (κ3) is 1.87. The van der Waals surface area contributed by atoms with Gasteiger partial charge in [0, 0.05) is 0 Å². The third-order valence-electron chi connectivity index (χ3n) is 5.93. The summed E-state index contributed by atoms with van der Waals surface area (Å²) in [5.41, 5.74) is 0.427. The smallest absolute Gasteiger partial charge is 0.0928 e. The molecule has 0 radical (unpaired) electrons. The summed E-state index contributed by atoms with van der Waals surface area (Å²) in [5.74, 6) is 0.278. The van der Waals surface area contributed by atoms with Gasteiger partial charge in [-0.2, -0.15) is 0 Å². The van der Waals surface area contributed by atoms with Crippen LogP contribution in [0.2, 0.25) is 0 Å². The normalized spacial score (nSPS) is 37.2. The highest BCUT2D eigenvalue weighted by Crippen LogP contribution is 2.60. The molecule has 0 bridgehead atoms. The van der Waals surface area contributed by atoms with Gasteiger partial charge in [0.15, 0.2) is 0 Å². The summed E-state index contributed by atoms with van der Waals surface area (Å²) in [6, 6.07) is 20.0. The minimum Gasteiger partial charge on any atom is -0.385 e. The van der Waals surface area contributed by atoms with E-state index in [1.807, 2.05) is 60.7 Å². The van der Waals surface area contributed by atoms with E-state index in [-0.39, 0.29) is 11.8 Å². The Morgan fingerprint density at radius 3 is 1.36 bits per heavy atom. The van der Waals surface area contributed by atoms with Crippen LogP contribution in [0.4, 0.5) is 0 Å². The van der Waals surface area contributed by atoms with Crippen molar-refractivity contribution in [1.29, 1.82) is 0 Å². The molecule has 114 valence electrons. The predicted molar refractivity (Wildman–Crippen MR) is 86.1 cm³/mol. The predicted octanol–water partition coefficient (Wildman–Crippen LogP) is 3.58. The van der Waals surface area contributed by atoms with Gasteiger partial charge in [0.1, 0.15) is 0 Å². The first-order valence-electron chi connectivity index (χ1n) is 8.20. The van der Waals surface area contributed by atoms with Gasteiger partial charge in [0.2, 0.25) is 0 Å². The third-order valence-corrected chi connectivity index (χ3v) is 5.93. The van der Waals surface area contributed by atoms with Crippen LogP contribution in [-0.2, 0) is 11.2 Å². The lowest BCUT2D eigenvalue weighted by molar-refractivity contribution is -0.0357. The highest BCUT2D eigenvalue weighted by molar-refractivity contribution is 5.31. The first kappa shape index (κ1) is 14.0. The Morgan fingerprint density at radius 1 is 0.636 bits per heavy atom. The molecular formula is C20H22O2. The maximum Gasteiger partial charge on any atom is 0.0928 e. The van der Waals surface area contributed by atoms with Gasteiger partial charge in [0.05, 0.1) is 11.2 Å². The summed E-state index contributed by atoms with van der Waals surface area (Å²) in [7, 11) is 0. The molecule has 0 aromatic heterocycles. The van der Waals surface area contributed by atoms with Gasteiger partial charge in [-0.3, -0.25) is 0 Å². The van der Waals surface area contributed by atoms with Crippen LogP contribution in [0.3, 0.4) is 0 Å².